The number of benzene rings is 1. The average molecular weight is 201 g/mol. The maximum Gasteiger partial charge on any atom is 0.152 e. The van der Waals surface area contributed by atoms with Crippen molar-refractivity contribution in [3.05, 3.63) is 35.0 Å². The first-order valence-corrected chi connectivity index (χ1v) is 4.44. The minimum atomic E-state index is 0.473. The number of rotatable bonds is 1. The molecule has 0 aliphatic rings. The maximum atomic E-state index is 5.93. The molecule has 62 valence electrons. The lowest BCUT2D eigenvalue weighted by Crippen LogP contribution is -1.77. The molecular weight excluding hydrogens is 195 g/mol. The number of hydrogen-bond donors (Lipinski definition) is 0. The van der Waals surface area contributed by atoms with Gasteiger partial charge in [0, 0.05) is 11.3 Å². The van der Waals surface area contributed by atoms with Crippen LogP contribution in [-0.4, -0.2) is 0 Å². The van der Waals surface area contributed by atoms with E-state index in [0.717, 1.165) is 16.5 Å². The highest BCUT2D eigenvalue weighted by atomic mass is 35.5. The molecule has 0 radical (unpaired) electrons. The van der Waals surface area contributed by atoms with Gasteiger partial charge in [-0.2, -0.15) is 0 Å². The van der Waals surface area contributed by atoms with E-state index >= 15 is 0 Å². The SMILES string of the molecule is ClCc1cc(Cl)c2occc2c1. The van der Waals surface area contributed by atoms with Crippen molar-refractivity contribution < 1.29 is 4.42 Å². The highest BCUT2D eigenvalue weighted by Crippen LogP contribution is 2.26. The second-order valence-corrected chi connectivity index (χ2v) is 3.22. The van der Waals surface area contributed by atoms with E-state index in [1.807, 2.05) is 18.2 Å². The summed E-state index contributed by atoms with van der Waals surface area (Å²) in [6, 6.07) is 5.66. The summed E-state index contributed by atoms with van der Waals surface area (Å²) in [5.41, 5.74) is 1.74. The van der Waals surface area contributed by atoms with E-state index in [2.05, 4.69) is 0 Å². The molecule has 1 nitrogen and oxygen atoms in total. The highest BCUT2D eigenvalue weighted by Gasteiger charge is 2.03. The van der Waals surface area contributed by atoms with Crippen molar-refractivity contribution in [1.29, 1.82) is 0 Å². The van der Waals surface area contributed by atoms with E-state index in [4.69, 9.17) is 27.6 Å². The molecule has 0 atom stereocenters. The van der Waals surface area contributed by atoms with Gasteiger partial charge in [-0.3, -0.25) is 0 Å². The van der Waals surface area contributed by atoms with Gasteiger partial charge in [0.05, 0.1) is 11.3 Å². The summed E-state index contributed by atoms with van der Waals surface area (Å²) in [7, 11) is 0. The van der Waals surface area contributed by atoms with Gasteiger partial charge in [-0.05, 0) is 23.8 Å². The van der Waals surface area contributed by atoms with Crippen LogP contribution in [0.5, 0.6) is 0 Å². The number of fused-ring (bicyclic) bond motifs is 1. The molecule has 1 aromatic carbocycles. The van der Waals surface area contributed by atoms with Crippen LogP contribution >= 0.6 is 23.2 Å². The van der Waals surface area contributed by atoms with Crippen molar-refractivity contribution in [1.82, 2.24) is 0 Å². The smallest absolute Gasteiger partial charge is 0.152 e. The Morgan fingerprint density at radius 2 is 2.17 bits per heavy atom. The summed E-state index contributed by atoms with van der Waals surface area (Å²) in [5, 5.41) is 1.62. The quantitative estimate of drug-likeness (QED) is 0.639. The van der Waals surface area contributed by atoms with Gasteiger partial charge in [-0.1, -0.05) is 11.6 Å². The molecule has 0 aliphatic carbocycles. The third kappa shape index (κ3) is 1.19. The zero-order valence-electron chi connectivity index (χ0n) is 6.18. The molecule has 0 unspecified atom stereocenters. The van der Waals surface area contributed by atoms with E-state index in [-0.39, 0.29) is 0 Å². The Bertz CT molecular complexity index is 406. The Hall–Kier alpha value is -0.660. The fourth-order valence-electron chi connectivity index (χ4n) is 1.17. The molecule has 3 heteroatoms. The Morgan fingerprint density at radius 1 is 1.33 bits per heavy atom. The molecule has 0 spiro atoms. The predicted octanol–water partition coefficient (Wildman–Crippen LogP) is 3.83. The topological polar surface area (TPSA) is 13.1 Å². The van der Waals surface area contributed by atoms with Crippen molar-refractivity contribution in [2.45, 2.75) is 5.88 Å². The van der Waals surface area contributed by atoms with Crippen LogP contribution in [0, 0.1) is 0 Å². The first kappa shape index (κ1) is 7.96. The van der Waals surface area contributed by atoms with Crippen LogP contribution in [0.3, 0.4) is 0 Å². The van der Waals surface area contributed by atoms with Gasteiger partial charge in [0.2, 0.25) is 0 Å². The van der Waals surface area contributed by atoms with Crippen LogP contribution in [-0.2, 0) is 5.88 Å². The fraction of sp³-hybridized carbons (Fsp3) is 0.111. The highest BCUT2D eigenvalue weighted by molar-refractivity contribution is 6.35. The first-order chi connectivity index (χ1) is 5.81. The van der Waals surface area contributed by atoms with Crippen LogP contribution in [0.2, 0.25) is 5.02 Å². The fourth-order valence-corrected chi connectivity index (χ4v) is 1.62. The number of hydrogen-bond acceptors (Lipinski definition) is 1. The van der Waals surface area contributed by atoms with E-state index in [9.17, 15) is 0 Å². The minimum absolute atomic E-state index is 0.473. The van der Waals surface area contributed by atoms with Crippen molar-refractivity contribution in [3.8, 4) is 0 Å². The Labute approximate surface area is 79.9 Å². The summed E-state index contributed by atoms with van der Waals surface area (Å²) in [6.45, 7) is 0. The lowest BCUT2D eigenvalue weighted by Gasteiger charge is -1.96. The van der Waals surface area contributed by atoms with Gasteiger partial charge in [0.1, 0.15) is 0 Å². The molecule has 12 heavy (non-hydrogen) atoms. The van der Waals surface area contributed by atoms with E-state index in [0.29, 0.717) is 10.9 Å². The third-order valence-corrected chi connectivity index (χ3v) is 2.31. The zero-order chi connectivity index (χ0) is 8.55. The molecule has 1 heterocycles. The van der Waals surface area contributed by atoms with Crippen LogP contribution in [0.4, 0.5) is 0 Å². The predicted molar refractivity (Wildman–Crippen MR) is 50.8 cm³/mol. The molecule has 0 bridgehead atoms. The van der Waals surface area contributed by atoms with Crippen LogP contribution in [0.1, 0.15) is 5.56 Å². The molecule has 0 fully saturated rings. The first-order valence-electron chi connectivity index (χ1n) is 3.53. The van der Waals surface area contributed by atoms with Crippen LogP contribution in [0.15, 0.2) is 28.9 Å². The maximum absolute atomic E-state index is 5.93. The Morgan fingerprint density at radius 3 is 2.92 bits per heavy atom. The number of halogens is 2. The second-order valence-electron chi connectivity index (χ2n) is 2.55. The van der Waals surface area contributed by atoms with Gasteiger partial charge < -0.3 is 4.42 Å². The van der Waals surface area contributed by atoms with Crippen molar-refractivity contribution in [2.75, 3.05) is 0 Å². The summed E-state index contributed by atoms with van der Waals surface area (Å²) in [6.07, 6.45) is 1.62. The molecule has 2 aromatic rings. The zero-order valence-corrected chi connectivity index (χ0v) is 7.69. The van der Waals surface area contributed by atoms with E-state index in [1.54, 1.807) is 6.26 Å². The lowest BCUT2D eigenvalue weighted by molar-refractivity contribution is 0.616. The van der Waals surface area contributed by atoms with Gasteiger partial charge >= 0.3 is 0 Å². The Balaban J connectivity index is 2.75. The molecule has 1 aromatic heterocycles. The monoisotopic (exact) mass is 200 g/mol. The van der Waals surface area contributed by atoms with Crippen LogP contribution in [0.25, 0.3) is 11.0 Å². The summed E-state index contributed by atoms with van der Waals surface area (Å²) < 4.78 is 5.17. The van der Waals surface area contributed by atoms with Gasteiger partial charge in [0.15, 0.2) is 5.58 Å². The summed E-state index contributed by atoms with van der Waals surface area (Å²) >= 11 is 11.6. The normalized spacial score (nSPS) is 10.8. The van der Waals surface area contributed by atoms with Gasteiger partial charge in [-0.15, -0.1) is 11.6 Å². The van der Waals surface area contributed by atoms with E-state index in [1.165, 1.54) is 0 Å². The molecule has 0 saturated carbocycles. The number of alkyl halides is 1. The largest absolute Gasteiger partial charge is 0.463 e. The van der Waals surface area contributed by atoms with Crippen molar-refractivity contribution in [3.63, 3.8) is 0 Å². The minimum Gasteiger partial charge on any atom is -0.463 e. The Kier molecular flexibility index (Phi) is 1.99. The van der Waals surface area contributed by atoms with Crippen LogP contribution < -0.4 is 0 Å². The molecule has 2 rings (SSSR count). The molecule has 0 amide bonds. The molecular formula is C9H6Cl2O. The standard InChI is InChI=1S/C9H6Cl2O/c10-5-6-3-7-1-2-12-9(7)8(11)4-6/h1-4H,5H2. The second kappa shape index (κ2) is 3.00. The van der Waals surface area contributed by atoms with Gasteiger partial charge in [0.25, 0.3) is 0 Å². The molecule has 0 N–H and O–H groups in total. The number of furan rings is 1. The lowest BCUT2D eigenvalue weighted by atomic mass is 10.2. The summed E-state index contributed by atoms with van der Waals surface area (Å²) in [4.78, 5) is 0. The average Bonchev–Trinajstić information content (AvgIpc) is 2.52. The third-order valence-electron chi connectivity index (χ3n) is 1.72. The van der Waals surface area contributed by atoms with Crippen molar-refractivity contribution >= 4 is 34.2 Å². The van der Waals surface area contributed by atoms with E-state index < -0.39 is 0 Å². The molecule has 0 saturated heterocycles. The summed E-state index contributed by atoms with van der Waals surface area (Å²) in [5.74, 6) is 0.473. The van der Waals surface area contributed by atoms with Gasteiger partial charge in [-0.25, -0.2) is 0 Å². The molecule has 0 aliphatic heterocycles. The van der Waals surface area contributed by atoms with Crippen molar-refractivity contribution in [2.24, 2.45) is 0 Å².